The highest BCUT2D eigenvalue weighted by molar-refractivity contribution is 6.35. The molecule has 0 N–H and O–H groups in total. The van der Waals surface area contributed by atoms with Crippen molar-refractivity contribution in [1.29, 1.82) is 0 Å². The lowest BCUT2D eigenvalue weighted by Crippen LogP contribution is -2.15. The summed E-state index contributed by atoms with van der Waals surface area (Å²) in [7, 11) is 1.35. The molecule has 23 heavy (non-hydrogen) atoms. The Balaban J connectivity index is 2.21. The first-order valence-electron chi connectivity index (χ1n) is 8.20. The van der Waals surface area contributed by atoms with Gasteiger partial charge in [0.05, 0.1) is 29.3 Å². The fourth-order valence-corrected chi connectivity index (χ4v) is 3.60. The standard InChI is InChI=1S/C17H22ClN3O2/c1-10(2)15-14-12(18)9-13(17(22)23-3)19-16(14)21(20-15)11-7-5-4-6-8-11/h9-11H,4-8H2,1-3H3. The van der Waals surface area contributed by atoms with Gasteiger partial charge in [-0.25, -0.2) is 14.5 Å². The quantitative estimate of drug-likeness (QED) is 0.775. The molecule has 2 heterocycles. The van der Waals surface area contributed by atoms with Crippen LogP contribution in [0.25, 0.3) is 11.0 Å². The molecular formula is C17H22ClN3O2. The van der Waals surface area contributed by atoms with Gasteiger partial charge in [-0.1, -0.05) is 44.7 Å². The Morgan fingerprint density at radius 2 is 2.04 bits per heavy atom. The van der Waals surface area contributed by atoms with Crippen LogP contribution in [-0.4, -0.2) is 27.8 Å². The van der Waals surface area contributed by atoms with Crippen LogP contribution in [0.3, 0.4) is 0 Å². The molecule has 124 valence electrons. The van der Waals surface area contributed by atoms with Crippen LogP contribution in [0.15, 0.2) is 6.07 Å². The molecule has 0 aliphatic heterocycles. The maximum Gasteiger partial charge on any atom is 0.356 e. The molecule has 0 atom stereocenters. The van der Waals surface area contributed by atoms with Crippen molar-refractivity contribution in [2.75, 3.05) is 7.11 Å². The molecule has 0 aromatic carbocycles. The van der Waals surface area contributed by atoms with E-state index in [0.29, 0.717) is 16.7 Å². The normalized spacial score (nSPS) is 16.2. The van der Waals surface area contributed by atoms with Gasteiger partial charge in [-0.2, -0.15) is 5.10 Å². The van der Waals surface area contributed by atoms with Crippen molar-refractivity contribution in [2.45, 2.75) is 57.9 Å². The Hall–Kier alpha value is -1.62. The zero-order chi connectivity index (χ0) is 16.6. The summed E-state index contributed by atoms with van der Waals surface area (Å²) in [5.74, 6) is -0.234. The first-order valence-corrected chi connectivity index (χ1v) is 8.57. The average molecular weight is 336 g/mol. The van der Waals surface area contributed by atoms with E-state index in [-0.39, 0.29) is 11.6 Å². The second-order valence-corrected chi connectivity index (χ2v) is 6.86. The van der Waals surface area contributed by atoms with Gasteiger partial charge in [0.25, 0.3) is 0 Å². The number of pyridine rings is 1. The largest absolute Gasteiger partial charge is 0.464 e. The van der Waals surface area contributed by atoms with E-state index in [1.807, 2.05) is 4.68 Å². The van der Waals surface area contributed by atoms with Gasteiger partial charge in [0.15, 0.2) is 11.3 Å². The van der Waals surface area contributed by atoms with Gasteiger partial charge in [-0.05, 0) is 24.8 Å². The zero-order valence-corrected chi connectivity index (χ0v) is 14.6. The Morgan fingerprint density at radius 3 is 2.65 bits per heavy atom. The molecule has 0 amide bonds. The van der Waals surface area contributed by atoms with Crippen molar-refractivity contribution >= 4 is 28.6 Å². The van der Waals surface area contributed by atoms with Gasteiger partial charge >= 0.3 is 5.97 Å². The summed E-state index contributed by atoms with van der Waals surface area (Å²) in [6.45, 7) is 4.19. The smallest absolute Gasteiger partial charge is 0.356 e. The third-order valence-electron chi connectivity index (χ3n) is 4.50. The van der Waals surface area contributed by atoms with Crippen LogP contribution in [0, 0.1) is 0 Å². The molecule has 2 aromatic heterocycles. The lowest BCUT2D eigenvalue weighted by Gasteiger charge is -2.22. The maximum atomic E-state index is 11.9. The molecule has 0 saturated heterocycles. The first kappa shape index (κ1) is 16.2. The number of methoxy groups -OCH3 is 1. The van der Waals surface area contributed by atoms with Gasteiger partial charge in [0, 0.05) is 0 Å². The molecule has 1 fully saturated rings. The maximum absolute atomic E-state index is 11.9. The molecule has 1 saturated carbocycles. The predicted molar refractivity (Wildman–Crippen MR) is 90.1 cm³/mol. The van der Waals surface area contributed by atoms with Crippen molar-refractivity contribution in [3.05, 3.63) is 22.5 Å². The van der Waals surface area contributed by atoms with Crippen LogP contribution in [0.1, 0.15) is 74.1 Å². The first-order chi connectivity index (χ1) is 11.0. The molecule has 0 spiro atoms. The zero-order valence-electron chi connectivity index (χ0n) is 13.8. The van der Waals surface area contributed by atoms with Crippen LogP contribution in [0.4, 0.5) is 0 Å². The second kappa shape index (κ2) is 6.48. The Labute approximate surface area is 141 Å². The van der Waals surface area contributed by atoms with Crippen molar-refractivity contribution in [3.8, 4) is 0 Å². The number of hydrogen-bond donors (Lipinski definition) is 0. The molecule has 3 rings (SSSR count). The highest BCUT2D eigenvalue weighted by atomic mass is 35.5. The lowest BCUT2D eigenvalue weighted by molar-refractivity contribution is 0.0594. The summed E-state index contributed by atoms with van der Waals surface area (Å²) in [6.07, 6.45) is 5.86. The summed E-state index contributed by atoms with van der Waals surface area (Å²) in [5, 5.41) is 6.19. The Morgan fingerprint density at radius 1 is 1.35 bits per heavy atom. The molecule has 0 radical (unpaired) electrons. The van der Waals surface area contributed by atoms with E-state index in [0.717, 1.165) is 23.9 Å². The fourth-order valence-electron chi connectivity index (χ4n) is 3.31. The number of hydrogen-bond acceptors (Lipinski definition) is 4. The molecule has 0 unspecified atom stereocenters. The highest BCUT2D eigenvalue weighted by Gasteiger charge is 2.25. The fraction of sp³-hybridized carbons (Fsp3) is 0.588. The van der Waals surface area contributed by atoms with Crippen molar-refractivity contribution < 1.29 is 9.53 Å². The van der Waals surface area contributed by atoms with Crippen LogP contribution in [0.2, 0.25) is 5.02 Å². The number of aromatic nitrogens is 3. The molecule has 1 aliphatic carbocycles. The number of rotatable bonds is 3. The highest BCUT2D eigenvalue weighted by Crippen LogP contribution is 2.36. The number of halogens is 1. The van der Waals surface area contributed by atoms with E-state index in [2.05, 4.69) is 18.8 Å². The van der Waals surface area contributed by atoms with Crippen molar-refractivity contribution in [3.63, 3.8) is 0 Å². The Kier molecular flexibility index (Phi) is 4.57. The van der Waals surface area contributed by atoms with Crippen molar-refractivity contribution in [2.24, 2.45) is 0 Å². The molecule has 6 heteroatoms. The Bertz CT molecular complexity index is 733. The van der Waals surface area contributed by atoms with Gasteiger partial charge in [0.2, 0.25) is 0 Å². The predicted octanol–water partition coefficient (Wildman–Crippen LogP) is 4.50. The number of esters is 1. The van der Waals surface area contributed by atoms with E-state index < -0.39 is 5.97 Å². The minimum atomic E-state index is -0.476. The minimum absolute atomic E-state index is 0.234. The molecule has 1 aliphatic rings. The van der Waals surface area contributed by atoms with E-state index in [1.54, 1.807) is 6.07 Å². The van der Waals surface area contributed by atoms with Crippen molar-refractivity contribution in [1.82, 2.24) is 14.8 Å². The van der Waals surface area contributed by atoms with Gasteiger partial charge < -0.3 is 4.74 Å². The van der Waals surface area contributed by atoms with Crippen LogP contribution >= 0.6 is 11.6 Å². The summed E-state index contributed by atoms with van der Waals surface area (Å²) in [6, 6.07) is 1.91. The third kappa shape index (κ3) is 2.94. The lowest BCUT2D eigenvalue weighted by atomic mass is 9.96. The van der Waals surface area contributed by atoms with Crippen LogP contribution in [-0.2, 0) is 4.74 Å². The molecule has 5 nitrogen and oxygen atoms in total. The molecular weight excluding hydrogens is 314 g/mol. The van der Waals surface area contributed by atoms with Gasteiger partial charge in [-0.15, -0.1) is 0 Å². The summed E-state index contributed by atoms with van der Waals surface area (Å²) >= 11 is 6.46. The molecule has 0 bridgehead atoms. The number of ether oxygens (including phenoxy) is 1. The van der Waals surface area contributed by atoms with Gasteiger partial charge in [0.1, 0.15) is 0 Å². The summed E-state index contributed by atoms with van der Waals surface area (Å²) in [4.78, 5) is 16.4. The number of carbonyl (C=O) groups excluding carboxylic acids is 1. The second-order valence-electron chi connectivity index (χ2n) is 6.46. The monoisotopic (exact) mass is 335 g/mol. The number of fused-ring (bicyclic) bond motifs is 1. The van der Waals surface area contributed by atoms with E-state index >= 15 is 0 Å². The van der Waals surface area contributed by atoms with Crippen LogP contribution in [0.5, 0.6) is 0 Å². The van der Waals surface area contributed by atoms with E-state index in [1.165, 1.54) is 26.4 Å². The van der Waals surface area contributed by atoms with Gasteiger partial charge in [-0.3, -0.25) is 0 Å². The van der Waals surface area contributed by atoms with Crippen LogP contribution < -0.4 is 0 Å². The third-order valence-corrected chi connectivity index (χ3v) is 4.80. The summed E-state index contributed by atoms with van der Waals surface area (Å²) < 4.78 is 6.78. The van der Waals surface area contributed by atoms with E-state index in [9.17, 15) is 4.79 Å². The number of carbonyl (C=O) groups is 1. The average Bonchev–Trinajstić information content (AvgIpc) is 2.95. The van der Waals surface area contributed by atoms with E-state index in [4.69, 9.17) is 21.4 Å². The minimum Gasteiger partial charge on any atom is -0.464 e. The number of nitrogens with zero attached hydrogens (tertiary/aromatic N) is 3. The topological polar surface area (TPSA) is 57.0 Å². The molecule has 2 aromatic rings. The SMILES string of the molecule is COC(=O)c1cc(Cl)c2c(C(C)C)nn(C3CCCCC3)c2n1. The summed E-state index contributed by atoms with van der Waals surface area (Å²) in [5.41, 5.74) is 1.88.